The Morgan fingerprint density at radius 3 is 1.64 bits per heavy atom. The van der Waals surface area contributed by atoms with Crippen LogP contribution in [0.15, 0.2) is 140 Å². The molecule has 42 heavy (non-hydrogen) atoms. The van der Waals surface area contributed by atoms with Crippen LogP contribution < -0.4 is 0 Å². The van der Waals surface area contributed by atoms with Crippen LogP contribution in [0.25, 0.3) is 76.1 Å². The zero-order valence-corrected chi connectivity index (χ0v) is 24.3. The van der Waals surface area contributed by atoms with Crippen molar-refractivity contribution in [3.63, 3.8) is 0 Å². The summed E-state index contributed by atoms with van der Waals surface area (Å²) in [5, 5.41) is 13.0. The molecule has 0 aromatic heterocycles. The molecule has 0 N–H and O–H groups in total. The molecule has 8 aromatic rings. The largest absolute Gasteiger partial charge is 0.0616 e. The third-order valence-electron chi connectivity index (χ3n) is 8.91. The van der Waals surface area contributed by atoms with Gasteiger partial charge in [0.05, 0.1) is 0 Å². The maximum atomic E-state index is 2.44. The van der Waals surface area contributed by atoms with Gasteiger partial charge < -0.3 is 0 Å². The number of benzene rings is 8. The quantitative estimate of drug-likeness (QED) is 0.152. The highest BCUT2D eigenvalue weighted by Gasteiger charge is 2.24. The lowest BCUT2D eigenvalue weighted by Crippen LogP contribution is -2.13. The van der Waals surface area contributed by atoms with Crippen molar-refractivity contribution < 1.29 is 0 Å². The molecule has 0 amide bonds. The Morgan fingerprint density at radius 2 is 0.881 bits per heavy atom. The maximum absolute atomic E-state index is 2.44. The highest BCUT2D eigenvalue weighted by atomic mass is 14.3. The molecule has 0 saturated heterocycles. The molecule has 0 aliphatic rings. The number of rotatable bonds is 2. The van der Waals surface area contributed by atoms with Crippen molar-refractivity contribution in [3.05, 3.63) is 145 Å². The molecule has 8 aromatic carbocycles. The summed E-state index contributed by atoms with van der Waals surface area (Å²) in [6.45, 7) is 7.04. The Kier molecular flexibility index (Phi) is 5.49. The molecule has 8 rings (SSSR count). The summed E-state index contributed by atoms with van der Waals surface area (Å²) in [7, 11) is 0. The van der Waals surface area contributed by atoms with Gasteiger partial charge in [0, 0.05) is 0 Å². The van der Waals surface area contributed by atoms with Crippen LogP contribution in [0, 0.1) is 0 Å². The van der Waals surface area contributed by atoms with Crippen LogP contribution in [0.4, 0.5) is 0 Å². The van der Waals surface area contributed by atoms with Crippen LogP contribution in [0.2, 0.25) is 0 Å². The lowest BCUT2D eigenvalue weighted by Gasteiger charge is -2.27. The van der Waals surface area contributed by atoms with Crippen molar-refractivity contribution in [3.8, 4) is 22.3 Å². The Morgan fingerprint density at radius 1 is 0.357 bits per heavy atom. The summed E-state index contributed by atoms with van der Waals surface area (Å²) in [4.78, 5) is 0. The van der Waals surface area contributed by atoms with Gasteiger partial charge in [-0.15, -0.1) is 0 Å². The summed E-state index contributed by atoms with van der Waals surface area (Å²) in [5.41, 5.74) is 6.49. The Bertz CT molecular complexity index is 2320. The summed E-state index contributed by atoms with van der Waals surface area (Å²) in [6.07, 6.45) is 0. The fraction of sp³-hybridized carbons (Fsp3) is 0.0952. The molecule has 0 aliphatic heterocycles. The molecule has 0 aliphatic carbocycles. The third-order valence-corrected chi connectivity index (χ3v) is 8.91. The van der Waals surface area contributed by atoms with E-state index in [-0.39, 0.29) is 5.41 Å². The van der Waals surface area contributed by atoms with Crippen LogP contribution in [0.3, 0.4) is 0 Å². The number of hydrogen-bond acceptors (Lipinski definition) is 0. The molecule has 0 fully saturated rings. The fourth-order valence-corrected chi connectivity index (χ4v) is 7.09. The summed E-state index contributed by atoms with van der Waals surface area (Å²) in [6, 6.07) is 51.7. The van der Waals surface area contributed by atoms with Gasteiger partial charge in [0.25, 0.3) is 0 Å². The standard InChI is InChI=1S/C42H32/c1-42(2,3)41-38-17-9-8-16-36(38)40(35-18-10-13-27-11-4-7-15-33(27)35)37-24-22-30(26-39(37)41)29-21-23-34-31(25-29)20-19-28-12-5-6-14-32(28)34/h4-26H,1-3H3. The van der Waals surface area contributed by atoms with Gasteiger partial charge in [-0.1, -0.05) is 148 Å². The Hall–Kier alpha value is -4.94. The average Bonchev–Trinajstić information content (AvgIpc) is 3.02. The molecule has 0 spiro atoms. The molecule has 0 heteroatoms. The minimum atomic E-state index is -0.0317. The molecule has 0 bridgehead atoms. The van der Waals surface area contributed by atoms with E-state index >= 15 is 0 Å². The van der Waals surface area contributed by atoms with Crippen molar-refractivity contribution >= 4 is 53.9 Å². The van der Waals surface area contributed by atoms with Crippen molar-refractivity contribution in [2.75, 3.05) is 0 Å². The van der Waals surface area contributed by atoms with E-state index in [0.717, 1.165) is 0 Å². The second kappa shape index (κ2) is 9.29. The van der Waals surface area contributed by atoms with E-state index in [4.69, 9.17) is 0 Å². The average molecular weight is 537 g/mol. The smallest absolute Gasteiger partial charge is 0.00204 e. The molecule has 0 heterocycles. The van der Waals surface area contributed by atoms with Gasteiger partial charge in [-0.2, -0.15) is 0 Å². The van der Waals surface area contributed by atoms with Gasteiger partial charge >= 0.3 is 0 Å². The van der Waals surface area contributed by atoms with Crippen LogP contribution in [-0.2, 0) is 5.41 Å². The molecule has 0 radical (unpaired) electrons. The minimum absolute atomic E-state index is 0.0317. The van der Waals surface area contributed by atoms with Crippen molar-refractivity contribution in [2.45, 2.75) is 26.2 Å². The lowest BCUT2D eigenvalue weighted by atomic mass is 9.77. The predicted octanol–water partition coefficient (Wildman–Crippen LogP) is 12.1. The van der Waals surface area contributed by atoms with Gasteiger partial charge in [0.1, 0.15) is 0 Å². The van der Waals surface area contributed by atoms with Gasteiger partial charge in [0.15, 0.2) is 0 Å². The first-order valence-corrected chi connectivity index (χ1v) is 14.9. The van der Waals surface area contributed by atoms with Crippen LogP contribution >= 0.6 is 0 Å². The first-order valence-electron chi connectivity index (χ1n) is 14.9. The topological polar surface area (TPSA) is 0 Å². The number of fused-ring (bicyclic) bond motifs is 6. The van der Waals surface area contributed by atoms with Crippen molar-refractivity contribution in [2.24, 2.45) is 0 Å². The second-order valence-electron chi connectivity index (χ2n) is 12.6. The normalized spacial score (nSPS) is 12.2. The van der Waals surface area contributed by atoms with Crippen LogP contribution in [-0.4, -0.2) is 0 Å². The van der Waals surface area contributed by atoms with E-state index in [1.165, 1.54) is 81.7 Å². The maximum Gasteiger partial charge on any atom is -0.00204 e. The number of hydrogen-bond donors (Lipinski definition) is 0. The molecule has 0 atom stereocenters. The van der Waals surface area contributed by atoms with E-state index in [0.29, 0.717) is 0 Å². The highest BCUT2D eigenvalue weighted by molar-refractivity contribution is 6.19. The van der Waals surface area contributed by atoms with Crippen molar-refractivity contribution in [1.29, 1.82) is 0 Å². The molecule has 0 saturated carbocycles. The van der Waals surface area contributed by atoms with E-state index in [1.54, 1.807) is 0 Å². The van der Waals surface area contributed by atoms with Gasteiger partial charge in [0.2, 0.25) is 0 Å². The first kappa shape index (κ1) is 24.8. The van der Waals surface area contributed by atoms with Crippen molar-refractivity contribution in [1.82, 2.24) is 0 Å². The van der Waals surface area contributed by atoms with Gasteiger partial charge in [-0.25, -0.2) is 0 Å². The highest BCUT2D eigenvalue weighted by Crippen LogP contribution is 2.46. The Labute approximate surface area is 246 Å². The zero-order chi connectivity index (χ0) is 28.4. The predicted molar refractivity (Wildman–Crippen MR) is 184 cm³/mol. The van der Waals surface area contributed by atoms with Crippen LogP contribution in [0.1, 0.15) is 26.3 Å². The third kappa shape index (κ3) is 3.83. The van der Waals surface area contributed by atoms with E-state index in [2.05, 4.69) is 160 Å². The molecule has 200 valence electrons. The van der Waals surface area contributed by atoms with E-state index < -0.39 is 0 Å². The summed E-state index contributed by atoms with van der Waals surface area (Å²) < 4.78 is 0. The molecule has 0 unspecified atom stereocenters. The summed E-state index contributed by atoms with van der Waals surface area (Å²) >= 11 is 0. The van der Waals surface area contributed by atoms with Gasteiger partial charge in [-0.3, -0.25) is 0 Å². The monoisotopic (exact) mass is 536 g/mol. The molecular weight excluding hydrogens is 504 g/mol. The zero-order valence-electron chi connectivity index (χ0n) is 24.3. The first-order chi connectivity index (χ1) is 20.5. The van der Waals surface area contributed by atoms with E-state index in [1.807, 2.05) is 0 Å². The molecular formula is C42H32. The molecule has 0 nitrogen and oxygen atoms in total. The van der Waals surface area contributed by atoms with E-state index in [9.17, 15) is 0 Å². The Balaban J connectivity index is 1.45. The second-order valence-corrected chi connectivity index (χ2v) is 12.6. The fourth-order valence-electron chi connectivity index (χ4n) is 7.09. The summed E-state index contributed by atoms with van der Waals surface area (Å²) in [5.74, 6) is 0. The minimum Gasteiger partial charge on any atom is -0.0616 e. The lowest BCUT2D eigenvalue weighted by molar-refractivity contribution is 0.601. The van der Waals surface area contributed by atoms with Gasteiger partial charge in [-0.05, 0) is 99.2 Å². The SMILES string of the molecule is CC(C)(C)c1c2ccccc2c(-c2cccc3ccccc23)c2ccc(-c3ccc4c(ccc5ccccc54)c3)cc12. The van der Waals surface area contributed by atoms with Crippen LogP contribution in [0.5, 0.6) is 0 Å².